The predicted molar refractivity (Wildman–Crippen MR) is 81.1 cm³/mol. The number of hydrogen-bond donors (Lipinski definition) is 4. The molecule has 2 heterocycles. The molecule has 1 saturated heterocycles. The number of ether oxygens (including phenoxy) is 1. The van der Waals surface area contributed by atoms with Gasteiger partial charge in [-0.25, -0.2) is 0 Å². The topological polar surface area (TPSA) is 134 Å². The first-order valence-electron chi connectivity index (χ1n) is 7.95. The molecular formula is C15H17F3N4O5. The zero-order valence-electron chi connectivity index (χ0n) is 13.7. The summed E-state index contributed by atoms with van der Waals surface area (Å²) in [7, 11) is 0. The Morgan fingerprint density at radius 1 is 1.04 bits per heavy atom. The van der Waals surface area contributed by atoms with Gasteiger partial charge in [0.25, 0.3) is 0 Å². The van der Waals surface area contributed by atoms with E-state index in [2.05, 4.69) is 15.4 Å². The van der Waals surface area contributed by atoms with Crippen LogP contribution in [-0.4, -0.2) is 71.7 Å². The van der Waals surface area contributed by atoms with Crippen LogP contribution in [0.5, 0.6) is 0 Å². The minimum atomic E-state index is -4.43. The molecule has 5 unspecified atom stereocenters. The van der Waals surface area contributed by atoms with Gasteiger partial charge in [-0.15, -0.1) is 15.0 Å². The molecule has 0 amide bonds. The first kappa shape index (κ1) is 19.6. The molecule has 1 aromatic heterocycles. The zero-order valence-corrected chi connectivity index (χ0v) is 13.7. The van der Waals surface area contributed by atoms with E-state index in [0.29, 0.717) is 5.56 Å². The van der Waals surface area contributed by atoms with Crippen LogP contribution < -0.4 is 0 Å². The predicted octanol–water partition coefficient (Wildman–Crippen LogP) is -0.745. The normalized spacial score (nSPS) is 29.1. The van der Waals surface area contributed by atoms with Gasteiger partial charge in [-0.3, -0.25) is 0 Å². The molecule has 3 rings (SSSR count). The fraction of sp³-hybridized carbons (Fsp3) is 0.533. The smallest absolute Gasteiger partial charge is 0.394 e. The van der Waals surface area contributed by atoms with Crippen LogP contribution in [0.1, 0.15) is 23.2 Å². The Morgan fingerprint density at radius 3 is 2.30 bits per heavy atom. The molecule has 12 heteroatoms. The average Bonchev–Trinajstić information content (AvgIpc) is 3.08. The lowest BCUT2D eigenvalue weighted by Gasteiger charge is -2.38. The lowest BCUT2D eigenvalue weighted by atomic mass is 9.99. The van der Waals surface area contributed by atoms with Crippen LogP contribution in [0.3, 0.4) is 0 Å². The number of halogens is 3. The summed E-state index contributed by atoms with van der Waals surface area (Å²) in [5.74, 6) is 0.145. The highest BCUT2D eigenvalue weighted by Crippen LogP contribution is 2.29. The van der Waals surface area contributed by atoms with Gasteiger partial charge >= 0.3 is 6.18 Å². The molecule has 148 valence electrons. The standard InChI is InChI=1S/C15H17F3N4O5/c16-15(17,18)8-3-1-7(2-4-8)5-10-19-21-22(20-10)14-13(26)12(25)11(24)9(6-23)27-14/h1-4,9,11-14,23-26H,5-6H2. The van der Waals surface area contributed by atoms with E-state index in [-0.39, 0.29) is 12.2 Å². The van der Waals surface area contributed by atoms with Gasteiger partial charge in [0, 0.05) is 6.42 Å². The Labute approximate surface area is 150 Å². The quantitative estimate of drug-likeness (QED) is 0.536. The monoisotopic (exact) mass is 390 g/mol. The van der Waals surface area contributed by atoms with Crippen LogP contribution in [0.4, 0.5) is 13.2 Å². The highest BCUT2D eigenvalue weighted by molar-refractivity contribution is 5.26. The minimum absolute atomic E-state index is 0.0789. The van der Waals surface area contributed by atoms with Gasteiger partial charge in [0.05, 0.1) is 12.2 Å². The van der Waals surface area contributed by atoms with Crippen LogP contribution in [0.15, 0.2) is 24.3 Å². The summed E-state index contributed by atoms with van der Waals surface area (Å²) in [6.07, 6.45) is -11.5. The molecule has 0 aliphatic carbocycles. The van der Waals surface area contributed by atoms with Crippen molar-refractivity contribution in [2.45, 2.75) is 43.2 Å². The second-order valence-electron chi connectivity index (χ2n) is 6.12. The number of aromatic nitrogens is 4. The van der Waals surface area contributed by atoms with Crippen molar-refractivity contribution >= 4 is 0 Å². The number of hydrogen-bond acceptors (Lipinski definition) is 8. The van der Waals surface area contributed by atoms with Crippen LogP contribution in [0.2, 0.25) is 0 Å². The molecule has 0 radical (unpaired) electrons. The van der Waals surface area contributed by atoms with Gasteiger partial charge in [0.1, 0.15) is 24.4 Å². The number of benzene rings is 1. The number of aliphatic hydroxyl groups is 4. The van der Waals surface area contributed by atoms with Gasteiger partial charge in [-0.2, -0.15) is 13.2 Å². The third kappa shape index (κ3) is 4.09. The van der Waals surface area contributed by atoms with E-state index < -0.39 is 49.0 Å². The molecule has 5 atom stereocenters. The highest BCUT2D eigenvalue weighted by Gasteiger charge is 2.45. The molecule has 1 fully saturated rings. The number of alkyl halides is 3. The van der Waals surface area contributed by atoms with Crippen LogP contribution >= 0.6 is 0 Å². The van der Waals surface area contributed by atoms with Crippen molar-refractivity contribution in [3.8, 4) is 0 Å². The SMILES string of the molecule is OCC1OC(n2nnc(Cc3ccc(C(F)(F)F)cc3)n2)C(O)C(O)C1O. The summed E-state index contributed by atoms with van der Waals surface area (Å²) in [5.41, 5.74) is -0.263. The fourth-order valence-electron chi connectivity index (χ4n) is 2.70. The molecular weight excluding hydrogens is 373 g/mol. The van der Waals surface area contributed by atoms with E-state index in [1.54, 1.807) is 0 Å². The Kier molecular flexibility index (Phi) is 5.44. The lowest BCUT2D eigenvalue weighted by Crippen LogP contribution is -2.56. The number of aliphatic hydroxyl groups excluding tert-OH is 4. The van der Waals surface area contributed by atoms with Crippen LogP contribution in [-0.2, 0) is 17.3 Å². The molecule has 1 aliphatic heterocycles. The third-order valence-corrected chi connectivity index (χ3v) is 4.21. The molecule has 1 aromatic carbocycles. The van der Waals surface area contributed by atoms with E-state index in [9.17, 15) is 33.6 Å². The Balaban J connectivity index is 1.73. The molecule has 9 nitrogen and oxygen atoms in total. The Morgan fingerprint density at radius 2 is 1.70 bits per heavy atom. The molecule has 4 N–H and O–H groups in total. The largest absolute Gasteiger partial charge is 0.416 e. The molecule has 0 saturated carbocycles. The summed E-state index contributed by atoms with van der Waals surface area (Å²) in [4.78, 5) is 0.877. The third-order valence-electron chi connectivity index (χ3n) is 4.21. The van der Waals surface area contributed by atoms with Gasteiger partial charge in [0.15, 0.2) is 12.1 Å². The van der Waals surface area contributed by atoms with Gasteiger partial charge in [-0.05, 0) is 22.9 Å². The average molecular weight is 390 g/mol. The van der Waals surface area contributed by atoms with Crippen LogP contribution in [0.25, 0.3) is 0 Å². The Hall–Kier alpha value is -2.12. The summed E-state index contributed by atoms with van der Waals surface area (Å²) >= 11 is 0. The van der Waals surface area contributed by atoms with E-state index in [1.807, 2.05) is 0 Å². The van der Waals surface area contributed by atoms with Crippen molar-refractivity contribution in [3.63, 3.8) is 0 Å². The summed E-state index contributed by atoms with van der Waals surface area (Å²) in [6, 6.07) is 4.46. The number of tetrazole rings is 1. The van der Waals surface area contributed by atoms with Crippen LogP contribution in [0, 0.1) is 0 Å². The lowest BCUT2D eigenvalue weighted by molar-refractivity contribution is -0.257. The van der Waals surface area contributed by atoms with Crippen molar-refractivity contribution < 1.29 is 38.3 Å². The molecule has 2 aromatic rings. The zero-order chi connectivity index (χ0) is 19.8. The summed E-state index contributed by atoms with van der Waals surface area (Å²) in [6.45, 7) is -0.603. The van der Waals surface area contributed by atoms with E-state index >= 15 is 0 Å². The first-order chi connectivity index (χ1) is 12.7. The number of rotatable bonds is 4. The second kappa shape index (κ2) is 7.48. The molecule has 0 bridgehead atoms. The number of nitrogens with zero attached hydrogens (tertiary/aromatic N) is 4. The van der Waals surface area contributed by atoms with Crippen molar-refractivity contribution in [2.75, 3.05) is 6.61 Å². The second-order valence-corrected chi connectivity index (χ2v) is 6.12. The maximum Gasteiger partial charge on any atom is 0.416 e. The van der Waals surface area contributed by atoms with Gasteiger partial charge in [-0.1, -0.05) is 12.1 Å². The van der Waals surface area contributed by atoms with Crippen molar-refractivity contribution in [2.24, 2.45) is 0 Å². The van der Waals surface area contributed by atoms with E-state index in [4.69, 9.17) is 4.74 Å². The molecule has 27 heavy (non-hydrogen) atoms. The maximum atomic E-state index is 12.6. The van der Waals surface area contributed by atoms with Crippen molar-refractivity contribution in [1.29, 1.82) is 0 Å². The first-order valence-corrected chi connectivity index (χ1v) is 7.95. The van der Waals surface area contributed by atoms with Crippen molar-refractivity contribution in [1.82, 2.24) is 20.2 Å². The maximum absolute atomic E-state index is 12.6. The minimum Gasteiger partial charge on any atom is -0.394 e. The van der Waals surface area contributed by atoms with E-state index in [0.717, 1.165) is 16.9 Å². The summed E-state index contributed by atoms with van der Waals surface area (Å²) in [5, 5.41) is 50.2. The summed E-state index contributed by atoms with van der Waals surface area (Å²) < 4.78 is 43.0. The van der Waals surface area contributed by atoms with Gasteiger partial charge < -0.3 is 25.2 Å². The van der Waals surface area contributed by atoms with Crippen molar-refractivity contribution in [3.05, 3.63) is 41.2 Å². The fourth-order valence-corrected chi connectivity index (χ4v) is 2.70. The highest BCUT2D eigenvalue weighted by atomic mass is 19.4. The Bertz CT molecular complexity index is 768. The molecule has 1 aliphatic rings. The van der Waals surface area contributed by atoms with Gasteiger partial charge in [0.2, 0.25) is 0 Å². The molecule has 0 spiro atoms. The van der Waals surface area contributed by atoms with E-state index in [1.165, 1.54) is 12.1 Å².